The van der Waals surface area contributed by atoms with E-state index in [-0.39, 0.29) is 19.7 Å². The molecule has 7 nitrogen and oxygen atoms in total. The van der Waals surface area contributed by atoms with Crippen molar-refractivity contribution in [3.05, 3.63) is 73.3 Å². The van der Waals surface area contributed by atoms with Crippen LogP contribution in [0, 0.1) is 31.6 Å². The lowest BCUT2D eigenvalue weighted by atomic mass is 10.0. The third-order valence-corrected chi connectivity index (χ3v) is 4.24. The summed E-state index contributed by atoms with van der Waals surface area (Å²) in [5.41, 5.74) is 1.76. The Kier molecular flexibility index (Phi) is 6.92. The molecule has 1 saturated carbocycles. The van der Waals surface area contributed by atoms with Gasteiger partial charge in [-0.15, -0.1) is 0 Å². The number of ether oxygens (including phenoxy) is 2. The lowest BCUT2D eigenvalue weighted by molar-refractivity contribution is 0.0507. The van der Waals surface area contributed by atoms with E-state index in [1.807, 2.05) is 49.9 Å². The number of benzene rings is 1. The third-order valence-electron chi connectivity index (χ3n) is 4.24. The summed E-state index contributed by atoms with van der Waals surface area (Å²) in [5.74, 6) is 1.14. The number of anilines is 1. The number of aliphatic hydroxyl groups is 1. The Morgan fingerprint density at radius 1 is 1.29 bits per heavy atom. The molecule has 0 unspecified atom stereocenters. The van der Waals surface area contributed by atoms with Crippen LogP contribution in [0.15, 0.2) is 30.3 Å². The van der Waals surface area contributed by atoms with Gasteiger partial charge in [0, 0.05) is 12.5 Å². The molecular weight excluding hydrogens is 358 g/mol. The van der Waals surface area contributed by atoms with E-state index in [0.717, 1.165) is 11.6 Å². The normalized spacial score (nSPS) is 15.4. The quantitative estimate of drug-likeness (QED) is 0.648. The van der Waals surface area contributed by atoms with Crippen molar-refractivity contribution in [3.63, 3.8) is 0 Å². The molecule has 7 heteroatoms. The lowest BCUT2D eigenvalue weighted by Crippen LogP contribution is -2.27. The van der Waals surface area contributed by atoms with Gasteiger partial charge in [-0.05, 0) is 50.8 Å². The minimum atomic E-state index is -0.773. The Hall–Kier alpha value is -2.54. The number of nitrogens with zero attached hydrogens (tertiary/aromatic N) is 2. The fourth-order valence-electron chi connectivity index (χ4n) is 2.89. The summed E-state index contributed by atoms with van der Waals surface area (Å²) in [6.45, 7) is 2.45. The molecule has 3 rings (SSSR count). The number of aliphatic hydroxyl groups excluding tert-OH is 1. The first-order chi connectivity index (χ1) is 13.6. The van der Waals surface area contributed by atoms with Gasteiger partial charge in [-0.1, -0.05) is 12.1 Å². The second kappa shape index (κ2) is 9.59. The van der Waals surface area contributed by atoms with E-state index in [2.05, 4.69) is 10.4 Å². The monoisotopic (exact) mass is 382 g/mol. The van der Waals surface area contributed by atoms with E-state index in [1.54, 1.807) is 20.1 Å². The van der Waals surface area contributed by atoms with Gasteiger partial charge in [-0.25, -0.2) is 4.79 Å². The van der Waals surface area contributed by atoms with Crippen molar-refractivity contribution in [1.29, 1.82) is 0 Å². The summed E-state index contributed by atoms with van der Waals surface area (Å²) in [4.78, 5) is 12.3. The predicted molar refractivity (Wildman–Crippen MR) is 105 cm³/mol. The van der Waals surface area contributed by atoms with Crippen molar-refractivity contribution in [2.24, 2.45) is 0 Å². The van der Waals surface area contributed by atoms with Crippen LogP contribution in [0.1, 0.15) is 23.1 Å². The van der Waals surface area contributed by atoms with Crippen molar-refractivity contribution in [2.75, 3.05) is 25.6 Å². The molecular formula is C21H24N3O4. The number of para-hydroxylation sites is 2. The zero-order valence-electron chi connectivity index (χ0n) is 16.0. The summed E-state index contributed by atoms with van der Waals surface area (Å²) in [5, 5.41) is 18.1. The van der Waals surface area contributed by atoms with E-state index >= 15 is 0 Å². The van der Waals surface area contributed by atoms with Crippen molar-refractivity contribution >= 4 is 11.7 Å². The summed E-state index contributed by atoms with van der Waals surface area (Å²) in [6, 6.07) is 9.16. The fourth-order valence-corrected chi connectivity index (χ4v) is 2.89. The van der Waals surface area contributed by atoms with Crippen LogP contribution in [0.4, 0.5) is 5.69 Å². The van der Waals surface area contributed by atoms with Crippen molar-refractivity contribution in [1.82, 2.24) is 9.78 Å². The number of carbonyl (C=O) groups is 1. The van der Waals surface area contributed by atoms with Gasteiger partial charge in [0.2, 0.25) is 0 Å². The number of hydrogen-bond acceptors (Lipinski definition) is 6. The molecule has 5 radical (unpaired) electrons. The van der Waals surface area contributed by atoms with Crippen molar-refractivity contribution < 1.29 is 19.4 Å². The van der Waals surface area contributed by atoms with Gasteiger partial charge in [0.25, 0.3) is 0 Å². The highest BCUT2D eigenvalue weighted by molar-refractivity contribution is 5.88. The highest BCUT2D eigenvalue weighted by atomic mass is 16.5. The first-order valence-electron chi connectivity index (χ1n) is 9.14. The van der Waals surface area contributed by atoms with Gasteiger partial charge in [0.1, 0.15) is 11.4 Å². The molecule has 1 fully saturated rings. The van der Waals surface area contributed by atoms with Gasteiger partial charge in [-0.2, -0.15) is 5.10 Å². The fraction of sp³-hybridized carbons (Fsp3) is 0.286. The topological polar surface area (TPSA) is 85.6 Å². The van der Waals surface area contributed by atoms with E-state index in [0.29, 0.717) is 17.1 Å². The van der Waals surface area contributed by atoms with Crippen LogP contribution >= 0.6 is 0 Å². The Labute approximate surface area is 165 Å². The molecule has 0 saturated heterocycles. The summed E-state index contributed by atoms with van der Waals surface area (Å²) in [6.07, 6.45) is 6.88. The Bertz CT molecular complexity index is 784. The molecule has 0 aliphatic heterocycles. The van der Waals surface area contributed by atoms with Crippen LogP contribution < -0.4 is 10.1 Å². The second-order valence-electron chi connectivity index (χ2n) is 6.23. The standard InChI is InChI=1S/C21H24N3O4/c1-3-28-21(26)19-12-18(15-8-4-5-9-15)23-24(19)14-16(25)13-22-17-10-6-7-11-20(17)27-2/h4-12,16,22,25H,3,13-14H2,1-2H3/t16-/m0/s1. The third kappa shape index (κ3) is 4.84. The zero-order valence-corrected chi connectivity index (χ0v) is 16.0. The highest BCUT2D eigenvalue weighted by Gasteiger charge is 2.26. The van der Waals surface area contributed by atoms with Crippen LogP contribution in [0.5, 0.6) is 5.75 Å². The van der Waals surface area contributed by atoms with Gasteiger partial charge in [0.15, 0.2) is 0 Å². The lowest BCUT2D eigenvalue weighted by Gasteiger charge is -2.16. The van der Waals surface area contributed by atoms with Crippen LogP contribution in [0.25, 0.3) is 0 Å². The van der Waals surface area contributed by atoms with Gasteiger partial charge in [0.05, 0.1) is 37.7 Å². The van der Waals surface area contributed by atoms with Gasteiger partial charge >= 0.3 is 5.97 Å². The molecule has 28 heavy (non-hydrogen) atoms. The van der Waals surface area contributed by atoms with E-state index in [4.69, 9.17) is 9.47 Å². The number of esters is 1. The minimum Gasteiger partial charge on any atom is -0.495 e. The van der Waals surface area contributed by atoms with Gasteiger partial charge < -0.3 is 19.9 Å². The molecule has 1 aliphatic rings. The summed E-state index contributed by atoms with van der Waals surface area (Å²) < 4.78 is 11.9. The van der Waals surface area contributed by atoms with Crippen LogP contribution in [0.3, 0.4) is 0 Å². The minimum absolute atomic E-state index is 0.150. The second-order valence-corrected chi connectivity index (χ2v) is 6.23. The Balaban J connectivity index is 1.69. The smallest absolute Gasteiger partial charge is 0.356 e. The van der Waals surface area contributed by atoms with E-state index in [1.165, 1.54) is 4.68 Å². The Morgan fingerprint density at radius 2 is 2.04 bits per heavy atom. The van der Waals surface area contributed by atoms with Gasteiger partial charge in [-0.3, -0.25) is 4.68 Å². The first kappa shape index (κ1) is 20.2. The van der Waals surface area contributed by atoms with E-state index < -0.39 is 12.1 Å². The molecule has 1 heterocycles. The van der Waals surface area contributed by atoms with Crippen LogP contribution in [0.2, 0.25) is 0 Å². The molecule has 1 aromatic heterocycles. The molecule has 1 atom stereocenters. The number of aromatic nitrogens is 2. The number of carbonyl (C=O) groups excluding carboxylic acids is 1. The highest BCUT2D eigenvalue weighted by Crippen LogP contribution is 2.30. The molecule has 2 N–H and O–H groups in total. The first-order valence-corrected chi connectivity index (χ1v) is 9.14. The van der Waals surface area contributed by atoms with Crippen molar-refractivity contribution in [3.8, 4) is 5.75 Å². The SMILES string of the molecule is CCOC(=O)c1cc([C]2[CH][CH][CH][CH]2)nn1C[C@@H](O)CNc1ccccc1OC. The zero-order chi connectivity index (χ0) is 19.9. The molecule has 0 bridgehead atoms. The maximum absolute atomic E-state index is 12.3. The Morgan fingerprint density at radius 3 is 2.75 bits per heavy atom. The predicted octanol–water partition coefficient (Wildman–Crippen LogP) is 2.29. The molecule has 0 amide bonds. The summed E-state index contributed by atoms with van der Waals surface area (Å²) in [7, 11) is 1.59. The molecule has 1 aliphatic carbocycles. The number of rotatable bonds is 9. The summed E-state index contributed by atoms with van der Waals surface area (Å²) >= 11 is 0. The van der Waals surface area contributed by atoms with Crippen LogP contribution in [-0.4, -0.2) is 47.2 Å². The maximum Gasteiger partial charge on any atom is 0.356 e. The average Bonchev–Trinajstić information content (AvgIpc) is 3.36. The van der Waals surface area contributed by atoms with E-state index in [9.17, 15) is 9.90 Å². The number of methoxy groups -OCH3 is 1. The molecule has 1 aromatic carbocycles. The number of hydrogen-bond donors (Lipinski definition) is 2. The largest absolute Gasteiger partial charge is 0.495 e. The maximum atomic E-state index is 12.3. The van der Waals surface area contributed by atoms with Crippen molar-refractivity contribution in [2.45, 2.75) is 19.6 Å². The molecule has 2 aromatic rings. The number of nitrogens with one attached hydrogen (secondary N) is 1. The average molecular weight is 382 g/mol. The van der Waals surface area contributed by atoms with Crippen LogP contribution in [-0.2, 0) is 11.3 Å². The molecule has 0 spiro atoms. The molecule has 147 valence electrons.